The van der Waals surface area contributed by atoms with Gasteiger partial charge in [0.05, 0.1) is 11.4 Å². The first-order chi connectivity index (χ1) is 21.5. The van der Waals surface area contributed by atoms with E-state index in [1.165, 1.54) is 28.7 Å². The SMILES string of the molecule is Cc1ccc(Cl)cc1-n1c(SCc2nc(C(=O)N3CCN(Cc4ccc5c(c4)OCO5)CC3)cs2)nnc1-c1ccncc1. The van der Waals surface area contributed by atoms with Gasteiger partial charge < -0.3 is 14.4 Å². The molecule has 224 valence electrons. The largest absolute Gasteiger partial charge is 0.454 e. The van der Waals surface area contributed by atoms with Gasteiger partial charge in [0.15, 0.2) is 22.5 Å². The summed E-state index contributed by atoms with van der Waals surface area (Å²) in [4.78, 5) is 26.4. The molecule has 44 heavy (non-hydrogen) atoms. The number of piperazine rings is 1. The zero-order valence-corrected chi connectivity index (χ0v) is 26.2. The maximum absolute atomic E-state index is 13.3. The molecule has 1 saturated heterocycles. The van der Waals surface area contributed by atoms with Gasteiger partial charge >= 0.3 is 0 Å². The Bertz CT molecular complexity index is 1810. The molecular formula is C31H28ClN7O3S2. The number of aryl methyl sites for hydroxylation is 1. The molecule has 10 nitrogen and oxygen atoms in total. The molecule has 13 heteroatoms. The molecule has 0 spiro atoms. The Morgan fingerprint density at radius 2 is 1.82 bits per heavy atom. The highest BCUT2D eigenvalue weighted by Gasteiger charge is 2.25. The first kappa shape index (κ1) is 28.8. The van der Waals surface area contributed by atoms with Crippen molar-refractivity contribution in [2.24, 2.45) is 0 Å². The van der Waals surface area contributed by atoms with Crippen LogP contribution in [0.15, 0.2) is 71.5 Å². The molecule has 5 aromatic rings. The molecule has 2 aliphatic rings. The summed E-state index contributed by atoms with van der Waals surface area (Å²) >= 11 is 9.40. The molecule has 2 aliphatic heterocycles. The highest BCUT2D eigenvalue weighted by molar-refractivity contribution is 7.98. The van der Waals surface area contributed by atoms with Gasteiger partial charge in [-0.1, -0.05) is 35.5 Å². The van der Waals surface area contributed by atoms with E-state index in [0.29, 0.717) is 40.5 Å². The van der Waals surface area contributed by atoms with E-state index in [1.54, 1.807) is 12.4 Å². The van der Waals surface area contributed by atoms with Gasteiger partial charge in [-0.3, -0.25) is 19.2 Å². The molecule has 0 N–H and O–H groups in total. The number of carbonyl (C=O) groups excluding carboxylic acids is 1. The fraction of sp³-hybridized carbons (Fsp3) is 0.258. The van der Waals surface area contributed by atoms with Crippen LogP contribution < -0.4 is 9.47 Å². The van der Waals surface area contributed by atoms with Gasteiger partial charge in [0.1, 0.15) is 10.7 Å². The van der Waals surface area contributed by atoms with Gasteiger partial charge in [0.2, 0.25) is 6.79 Å². The molecule has 2 aromatic carbocycles. The van der Waals surface area contributed by atoms with Crippen molar-refractivity contribution in [1.82, 2.24) is 34.5 Å². The number of fused-ring (bicyclic) bond motifs is 1. The molecule has 0 unspecified atom stereocenters. The summed E-state index contributed by atoms with van der Waals surface area (Å²) in [6.07, 6.45) is 3.47. The predicted molar refractivity (Wildman–Crippen MR) is 170 cm³/mol. The number of amides is 1. The number of nitrogens with zero attached hydrogens (tertiary/aromatic N) is 7. The molecule has 1 fully saturated rings. The van der Waals surface area contributed by atoms with E-state index in [-0.39, 0.29) is 12.7 Å². The van der Waals surface area contributed by atoms with Crippen LogP contribution in [0.3, 0.4) is 0 Å². The number of thiazole rings is 1. The van der Waals surface area contributed by atoms with Crippen LogP contribution in [0.5, 0.6) is 11.5 Å². The van der Waals surface area contributed by atoms with Crippen LogP contribution in [0.2, 0.25) is 5.02 Å². The van der Waals surface area contributed by atoms with Gasteiger partial charge in [-0.25, -0.2) is 4.98 Å². The Hall–Kier alpha value is -3.97. The number of hydrogen-bond acceptors (Lipinski definition) is 10. The van der Waals surface area contributed by atoms with Crippen molar-refractivity contribution in [2.75, 3.05) is 33.0 Å². The smallest absolute Gasteiger partial charge is 0.273 e. The summed E-state index contributed by atoms with van der Waals surface area (Å²) in [5.41, 5.74) is 4.51. The van der Waals surface area contributed by atoms with Crippen molar-refractivity contribution in [2.45, 2.75) is 24.4 Å². The highest BCUT2D eigenvalue weighted by Crippen LogP contribution is 2.34. The van der Waals surface area contributed by atoms with E-state index in [0.717, 1.165) is 53.0 Å². The van der Waals surface area contributed by atoms with Crippen LogP contribution in [-0.4, -0.2) is 73.4 Å². The standard InChI is InChI=1S/C31H28ClN7O3S2/c1-20-2-4-23(32)15-25(20)39-29(22-6-8-33-9-7-22)35-36-31(39)44-18-28-34-24(17-43-28)30(40)38-12-10-37(11-13-38)16-21-3-5-26-27(14-21)42-19-41-26/h2-9,14-15,17H,10-13,16,18-19H2,1H3. The number of pyridine rings is 1. The van der Waals surface area contributed by atoms with E-state index in [2.05, 4.69) is 26.1 Å². The summed E-state index contributed by atoms with van der Waals surface area (Å²) in [7, 11) is 0. The predicted octanol–water partition coefficient (Wildman–Crippen LogP) is 5.73. The Kier molecular flexibility index (Phi) is 8.22. The van der Waals surface area contributed by atoms with E-state index in [9.17, 15) is 4.79 Å². The van der Waals surface area contributed by atoms with Crippen molar-refractivity contribution >= 4 is 40.6 Å². The molecule has 5 heterocycles. The maximum Gasteiger partial charge on any atom is 0.273 e. The first-order valence-corrected chi connectivity index (χ1v) is 16.4. The number of benzene rings is 2. The quantitative estimate of drug-likeness (QED) is 0.196. The number of rotatable bonds is 8. The summed E-state index contributed by atoms with van der Waals surface area (Å²) in [5, 5.41) is 13.1. The minimum absolute atomic E-state index is 0.0297. The minimum Gasteiger partial charge on any atom is -0.454 e. The van der Waals surface area contributed by atoms with Crippen molar-refractivity contribution in [1.29, 1.82) is 0 Å². The van der Waals surface area contributed by atoms with Crippen molar-refractivity contribution in [3.05, 3.63) is 93.2 Å². The Labute approximate surface area is 267 Å². The summed E-state index contributed by atoms with van der Waals surface area (Å²) in [6, 6.07) is 15.7. The normalized spacial score (nSPS) is 14.7. The molecule has 0 aliphatic carbocycles. The molecule has 0 bridgehead atoms. The zero-order valence-electron chi connectivity index (χ0n) is 23.9. The van der Waals surface area contributed by atoms with Crippen LogP contribution in [-0.2, 0) is 12.3 Å². The van der Waals surface area contributed by atoms with Gasteiger partial charge in [-0.15, -0.1) is 21.5 Å². The summed E-state index contributed by atoms with van der Waals surface area (Å²) < 4.78 is 12.9. The second-order valence-electron chi connectivity index (χ2n) is 10.5. The van der Waals surface area contributed by atoms with Crippen LogP contribution in [0.1, 0.15) is 26.6 Å². The van der Waals surface area contributed by atoms with Crippen LogP contribution >= 0.6 is 34.7 Å². The highest BCUT2D eigenvalue weighted by atomic mass is 35.5. The third-order valence-electron chi connectivity index (χ3n) is 7.58. The van der Waals surface area contributed by atoms with E-state index >= 15 is 0 Å². The average molecular weight is 646 g/mol. The van der Waals surface area contributed by atoms with Crippen molar-refractivity contribution < 1.29 is 14.3 Å². The summed E-state index contributed by atoms with van der Waals surface area (Å²) in [6.45, 7) is 6.02. The van der Waals surface area contributed by atoms with Crippen molar-refractivity contribution in [3.63, 3.8) is 0 Å². The second-order valence-corrected chi connectivity index (χ2v) is 12.8. The van der Waals surface area contributed by atoms with Crippen LogP contribution in [0.4, 0.5) is 0 Å². The number of thioether (sulfide) groups is 1. The second kappa shape index (κ2) is 12.6. The lowest BCUT2D eigenvalue weighted by atomic mass is 10.1. The molecule has 0 atom stereocenters. The molecule has 3 aromatic heterocycles. The van der Waals surface area contributed by atoms with Crippen molar-refractivity contribution in [3.8, 4) is 28.6 Å². The third kappa shape index (κ3) is 6.03. The average Bonchev–Trinajstić information content (AvgIpc) is 3.81. The number of ether oxygens (including phenoxy) is 2. The van der Waals surface area contributed by atoms with Gasteiger partial charge in [0, 0.05) is 61.1 Å². The lowest BCUT2D eigenvalue weighted by molar-refractivity contribution is 0.0623. The van der Waals surface area contributed by atoms with E-state index < -0.39 is 0 Å². The van der Waals surface area contributed by atoms with E-state index in [4.69, 9.17) is 26.1 Å². The molecule has 7 rings (SSSR count). The number of carbonyl (C=O) groups is 1. The minimum atomic E-state index is -0.0297. The lowest BCUT2D eigenvalue weighted by Crippen LogP contribution is -2.48. The first-order valence-electron chi connectivity index (χ1n) is 14.1. The van der Waals surface area contributed by atoms with Gasteiger partial charge in [-0.05, 0) is 54.4 Å². The fourth-order valence-corrected chi connectivity index (χ4v) is 7.16. The molecule has 1 amide bonds. The van der Waals surface area contributed by atoms with Gasteiger partial charge in [0.25, 0.3) is 5.91 Å². The maximum atomic E-state index is 13.3. The Morgan fingerprint density at radius 1 is 1.00 bits per heavy atom. The number of hydrogen-bond donors (Lipinski definition) is 0. The number of aromatic nitrogens is 5. The van der Waals surface area contributed by atoms with Crippen LogP contribution in [0, 0.1) is 6.92 Å². The van der Waals surface area contributed by atoms with E-state index in [1.807, 2.05) is 64.2 Å². The summed E-state index contributed by atoms with van der Waals surface area (Å²) in [5.74, 6) is 2.81. The lowest BCUT2D eigenvalue weighted by Gasteiger charge is -2.34. The third-order valence-corrected chi connectivity index (χ3v) is 9.79. The fourth-order valence-electron chi connectivity index (χ4n) is 5.26. The van der Waals surface area contributed by atoms with Crippen LogP contribution in [0.25, 0.3) is 17.1 Å². The topological polar surface area (TPSA) is 98.5 Å². The zero-order chi connectivity index (χ0) is 30.0. The Balaban J connectivity index is 1.00. The Morgan fingerprint density at radius 3 is 2.66 bits per heavy atom. The molecular weight excluding hydrogens is 618 g/mol. The number of halogens is 1. The van der Waals surface area contributed by atoms with Gasteiger partial charge in [-0.2, -0.15) is 0 Å². The molecule has 0 radical (unpaired) electrons. The molecule has 0 saturated carbocycles. The monoisotopic (exact) mass is 645 g/mol.